The first kappa shape index (κ1) is 15.4. The molecule has 0 amide bonds. The van der Waals surface area contributed by atoms with Gasteiger partial charge in [-0.15, -0.1) is 0 Å². The van der Waals surface area contributed by atoms with Crippen molar-refractivity contribution in [2.75, 3.05) is 0 Å². The molecule has 0 saturated heterocycles. The normalized spacial score (nSPS) is 17.0. The van der Waals surface area contributed by atoms with E-state index in [0.29, 0.717) is 23.1 Å². The lowest BCUT2D eigenvalue weighted by Crippen LogP contribution is -2.40. The largest absolute Gasteiger partial charge is 0.320 e. The number of fused-ring (bicyclic) bond motifs is 1. The van der Waals surface area contributed by atoms with Gasteiger partial charge in [-0.1, -0.05) is 29.3 Å². The van der Waals surface area contributed by atoms with Crippen LogP contribution in [0.4, 0.5) is 0 Å². The van der Waals surface area contributed by atoms with E-state index in [9.17, 15) is 4.79 Å². The molecule has 1 aromatic heterocycles. The molecular weight excluding hydrogens is 323 g/mol. The Morgan fingerprint density at radius 1 is 1.32 bits per heavy atom. The van der Waals surface area contributed by atoms with Crippen LogP contribution in [0.2, 0.25) is 10.0 Å². The highest BCUT2D eigenvalue weighted by molar-refractivity contribution is 6.35. The highest BCUT2D eigenvalue weighted by Gasteiger charge is 2.33. The number of nitrogens with zero attached hydrogens (tertiary/aromatic N) is 3. The van der Waals surface area contributed by atoms with E-state index in [2.05, 4.69) is 14.9 Å². The first-order valence-corrected chi connectivity index (χ1v) is 7.53. The smallest absolute Gasteiger partial charge is 0.138 e. The number of benzene rings is 1. The summed E-state index contributed by atoms with van der Waals surface area (Å²) in [6.45, 7) is 1.23. The van der Waals surface area contributed by atoms with Crippen molar-refractivity contribution >= 4 is 29.5 Å². The fourth-order valence-corrected chi connectivity index (χ4v) is 3.31. The van der Waals surface area contributed by atoms with Crippen molar-refractivity contribution in [1.29, 1.82) is 0 Å². The quantitative estimate of drug-likeness (QED) is 0.867. The molecule has 0 saturated carbocycles. The first-order valence-electron chi connectivity index (χ1n) is 6.78. The molecular formula is C15H14Cl2N4O. The van der Waals surface area contributed by atoms with Crippen molar-refractivity contribution in [2.24, 2.45) is 5.73 Å². The number of carbonyl (C=O) groups is 1. The summed E-state index contributed by atoms with van der Waals surface area (Å²) in [7, 11) is 0. The van der Waals surface area contributed by atoms with Gasteiger partial charge in [-0.05, 0) is 17.7 Å². The Kier molecular flexibility index (Phi) is 4.40. The highest BCUT2D eigenvalue weighted by Crippen LogP contribution is 2.35. The number of nitrogens with two attached hydrogens (primary N) is 1. The lowest BCUT2D eigenvalue weighted by molar-refractivity contribution is -0.110. The third-order valence-corrected chi connectivity index (χ3v) is 4.37. The fraction of sp³-hybridized carbons (Fsp3) is 0.267. The summed E-state index contributed by atoms with van der Waals surface area (Å²) in [5.41, 5.74) is 8.80. The van der Waals surface area contributed by atoms with Crippen LogP contribution in [0.15, 0.2) is 30.7 Å². The molecule has 0 spiro atoms. The summed E-state index contributed by atoms with van der Waals surface area (Å²) >= 11 is 12.3. The van der Waals surface area contributed by atoms with Crippen molar-refractivity contribution in [3.8, 4) is 0 Å². The topological polar surface area (TPSA) is 72.1 Å². The van der Waals surface area contributed by atoms with Crippen molar-refractivity contribution in [1.82, 2.24) is 14.9 Å². The monoisotopic (exact) mass is 336 g/mol. The predicted molar refractivity (Wildman–Crippen MR) is 84.5 cm³/mol. The van der Waals surface area contributed by atoms with E-state index in [1.807, 2.05) is 6.07 Å². The van der Waals surface area contributed by atoms with E-state index in [1.165, 1.54) is 6.33 Å². The molecule has 0 aliphatic carbocycles. The minimum Gasteiger partial charge on any atom is -0.320 e. The van der Waals surface area contributed by atoms with Crippen molar-refractivity contribution in [2.45, 2.75) is 25.2 Å². The minimum absolute atomic E-state index is 0.337. The number of hydrogen-bond donors (Lipinski definition) is 1. The Morgan fingerprint density at radius 2 is 2.14 bits per heavy atom. The summed E-state index contributed by atoms with van der Waals surface area (Å²) in [5.74, 6) is 0. The van der Waals surface area contributed by atoms with Crippen molar-refractivity contribution < 1.29 is 4.79 Å². The number of hydrogen-bond acceptors (Lipinski definition) is 5. The number of halogens is 2. The highest BCUT2D eigenvalue weighted by atomic mass is 35.5. The number of rotatable bonds is 4. The maximum absolute atomic E-state index is 11.3. The van der Waals surface area contributed by atoms with Gasteiger partial charge in [-0.25, -0.2) is 9.97 Å². The van der Waals surface area contributed by atoms with E-state index >= 15 is 0 Å². The lowest BCUT2D eigenvalue weighted by Gasteiger charge is -2.30. The van der Waals surface area contributed by atoms with Gasteiger partial charge in [0.15, 0.2) is 0 Å². The molecule has 2 aromatic rings. The van der Waals surface area contributed by atoms with Crippen LogP contribution in [0.5, 0.6) is 0 Å². The van der Waals surface area contributed by atoms with E-state index in [-0.39, 0.29) is 6.04 Å². The second-order valence-electron chi connectivity index (χ2n) is 5.22. The van der Waals surface area contributed by atoms with Gasteiger partial charge in [0.2, 0.25) is 0 Å². The molecule has 114 valence electrons. The summed E-state index contributed by atoms with van der Waals surface area (Å²) in [4.78, 5) is 21.7. The van der Waals surface area contributed by atoms with Crippen molar-refractivity contribution in [3.63, 3.8) is 0 Å². The standard InChI is InChI=1S/C15H14Cl2N4O/c16-10-1-2-11(12(17)3-10)15(13(18)7-22)21-5-9-4-19-8-20-14(9)6-21/h1-4,7-8,13,15H,5-6,18H2. The van der Waals surface area contributed by atoms with E-state index in [1.54, 1.807) is 18.3 Å². The zero-order chi connectivity index (χ0) is 15.7. The molecule has 0 radical (unpaired) electrons. The number of aromatic nitrogens is 2. The molecule has 1 aliphatic heterocycles. The van der Waals surface area contributed by atoms with Gasteiger partial charge in [0.25, 0.3) is 0 Å². The van der Waals surface area contributed by atoms with Crippen LogP contribution in [0.25, 0.3) is 0 Å². The molecule has 5 nitrogen and oxygen atoms in total. The molecule has 7 heteroatoms. The van der Waals surface area contributed by atoms with Crippen LogP contribution < -0.4 is 5.73 Å². The second-order valence-corrected chi connectivity index (χ2v) is 6.07. The second kappa shape index (κ2) is 6.30. The van der Waals surface area contributed by atoms with Crippen LogP contribution >= 0.6 is 23.2 Å². The number of carbonyl (C=O) groups excluding carboxylic acids is 1. The van der Waals surface area contributed by atoms with Crippen molar-refractivity contribution in [3.05, 3.63) is 57.6 Å². The molecule has 1 aliphatic rings. The Morgan fingerprint density at radius 3 is 2.82 bits per heavy atom. The molecule has 2 atom stereocenters. The van der Waals surface area contributed by atoms with Crippen LogP contribution in [0.1, 0.15) is 22.9 Å². The van der Waals surface area contributed by atoms with Crippen LogP contribution in [-0.4, -0.2) is 27.2 Å². The average molecular weight is 337 g/mol. The van der Waals surface area contributed by atoms with Gasteiger partial charge in [0, 0.05) is 34.9 Å². The average Bonchev–Trinajstić information content (AvgIpc) is 2.92. The maximum atomic E-state index is 11.3. The molecule has 22 heavy (non-hydrogen) atoms. The van der Waals surface area contributed by atoms with Gasteiger partial charge in [0.1, 0.15) is 12.6 Å². The minimum atomic E-state index is -0.694. The molecule has 0 fully saturated rings. The van der Waals surface area contributed by atoms with E-state index in [4.69, 9.17) is 28.9 Å². The third kappa shape index (κ3) is 2.85. The molecule has 2 N–H and O–H groups in total. The zero-order valence-electron chi connectivity index (χ0n) is 11.6. The zero-order valence-corrected chi connectivity index (χ0v) is 13.1. The summed E-state index contributed by atoms with van der Waals surface area (Å²) in [5, 5.41) is 1.04. The Bertz CT molecular complexity index is 685. The Balaban J connectivity index is 1.97. The molecule has 2 heterocycles. The SMILES string of the molecule is NC(C=O)C(c1ccc(Cl)cc1Cl)N1Cc2cncnc2C1. The fourth-order valence-electron chi connectivity index (χ4n) is 2.79. The van der Waals surface area contributed by atoms with E-state index in [0.717, 1.165) is 23.1 Å². The van der Waals surface area contributed by atoms with Gasteiger partial charge >= 0.3 is 0 Å². The van der Waals surface area contributed by atoms with Gasteiger partial charge in [0.05, 0.1) is 17.8 Å². The summed E-state index contributed by atoms with van der Waals surface area (Å²) in [6, 6.07) is 4.19. The maximum Gasteiger partial charge on any atom is 0.138 e. The van der Waals surface area contributed by atoms with Gasteiger partial charge < -0.3 is 10.5 Å². The first-order chi connectivity index (χ1) is 10.6. The molecule has 2 unspecified atom stereocenters. The molecule has 3 rings (SSSR count). The number of aldehydes is 1. The summed E-state index contributed by atoms with van der Waals surface area (Å²) < 4.78 is 0. The lowest BCUT2D eigenvalue weighted by atomic mass is 9.99. The Labute approximate surface area is 138 Å². The van der Waals surface area contributed by atoms with Crippen LogP contribution in [0.3, 0.4) is 0 Å². The Hall–Kier alpha value is -1.53. The van der Waals surface area contributed by atoms with Gasteiger partial charge in [-0.3, -0.25) is 4.90 Å². The third-order valence-electron chi connectivity index (χ3n) is 3.80. The molecule has 1 aromatic carbocycles. The van der Waals surface area contributed by atoms with Crippen LogP contribution in [0, 0.1) is 0 Å². The predicted octanol–water partition coefficient (Wildman–Crippen LogP) is 2.37. The summed E-state index contributed by atoms with van der Waals surface area (Å²) in [6.07, 6.45) is 4.05. The van der Waals surface area contributed by atoms with E-state index < -0.39 is 6.04 Å². The van der Waals surface area contributed by atoms with Gasteiger partial charge in [-0.2, -0.15) is 0 Å². The van der Waals surface area contributed by atoms with Crippen LogP contribution in [-0.2, 0) is 17.9 Å². The molecule has 0 bridgehead atoms.